The Hall–Kier alpha value is -2.15. The zero-order valence-corrected chi connectivity index (χ0v) is 13.7. The second kappa shape index (κ2) is 6.76. The van der Waals surface area contributed by atoms with Gasteiger partial charge >= 0.3 is 6.03 Å². The number of rotatable bonds is 5. The number of nitrogens with one attached hydrogen (secondary N) is 1. The van der Waals surface area contributed by atoms with Crippen LogP contribution in [0.5, 0.6) is 0 Å². The third-order valence-corrected chi connectivity index (χ3v) is 4.51. The Morgan fingerprint density at radius 3 is 2.75 bits per heavy atom. The summed E-state index contributed by atoms with van der Waals surface area (Å²) in [7, 11) is 0. The zero-order chi connectivity index (χ0) is 17.3. The average molecular weight is 354 g/mol. The summed E-state index contributed by atoms with van der Waals surface area (Å²) in [4.78, 5) is 38.6. The first kappa shape index (κ1) is 16.7. The van der Waals surface area contributed by atoms with Gasteiger partial charge in [-0.05, 0) is 25.0 Å². The maximum Gasteiger partial charge on any atom is 0.324 e. The fraction of sp³-hybridized carbons (Fsp3) is 0.438. The highest BCUT2D eigenvalue weighted by atomic mass is 35.5. The van der Waals surface area contributed by atoms with Crippen molar-refractivity contribution in [2.75, 3.05) is 13.1 Å². The smallest absolute Gasteiger partial charge is 0.324 e. The molecule has 4 amide bonds. The molecule has 0 radical (unpaired) electrons. The van der Waals surface area contributed by atoms with Gasteiger partial charge in [-0.3, -0.25) is 14.5 Å². The molecule has 128 valence electrons. The van der Waals surface area contributed by atoms with Crippen molar-refractivity contribution in [3.05, 3.63) is 34.6 Å². The van der Waals surface area contributed by atoms with E-state index in [1.807, 2.05) is 0 Å². The number of hydrogen-bond donors (Lipinski definition) is 1. The molecule has 1 aliphatic heterocycles. The topological polar surface area (TPSA) is 69.7 Å². The Morgan fingerprint density at radius 1 is 1.38 bits per heavy atom. The maximum atomic E-state index is 14.0. The first-order chi connectivity index (χ1) is 11.5. The van der Waals surface area contributed by atoms with Crippen LogP contribution in [0, 0.1) is 5.82 Å². The lowest BCUT2D eigenvalue weighted by Crippen LogP contribution is -2.53. The minimum absolute atomic E-state index is 0.00359. The summed E-state index contributed by atoms with van der Waals surface area (Å²) in [5, 5.41) is 2.78. The van der Waals surface area contributed by atoms with E-state index in [1.165, 1.54) is 17.0 Å². The van der Waals surface area contributed by atoms with E-state index in [2.05, 4.69) is 5.32 Å². The predicted molar refractivity (Wildman–Crippen MR) is 84.7 cm³/mol. The average Bonchev–Trinajstić information content (AvgIpc) is 3.35. The van der Waals surface area contributed by atoms with Crippen LogP contribution in [0.3, 0.4) is 0 Å². The van der Waals surface area contributed by atoms with Crippen molar-refractivity contribution in [2.24, 2.45) is 0 Å². The van der Waals surface area contributed by atoms with Crippen LogP contribution < -0.4 is 5.32 Å². The Balaban J connectivity index is 1.75. The van der Waals surface area contributed by atoms with Gasteiger partial charge in [0.15, 0.2) is 0 Å². The Kier molecular flexibility index (Phi) is 4.71. The molecule has 0 spiro atoms. The molecule has 8 heteroatoms. The van der Waals surface area contributed by atoms with E-state index in [0.717, 1.165) is 17.7 Å². The van der Waals surface area contributed by atoms with Gasteiger partial charge in [0.25, 0.3) is 0 Å². The van der Waals surface area contributed by atoms with Gasteiger partial charge in [-0.2, -0.15) is 0 Å². The minimum Gasteiger partial charge on any atom is -0.337 e. The standard InChI is InChI=1S/C16H17ClFN3O3/c17-12-2-1-3-13(18)11(12)8-20(10-4-5-10)15(23)9-21-14(22)6-7-19-16(21)24/h1-3,10H,4-9H2,(H,19,24). The molecule has 2 aliphatic rings. The SMILES string of the molecule is O=C1CCNC(=O)N1CC(=O)N(Cc1c(F)cccc1Cl)C1CC1. The van der Waals surface area contributed by atoms with Gasteiger partial charge in [0.1, 0.15) is 12.4 Å². The number of nitrogens with zero attached hydrogens (tertiary/aromatic N) is 2. The van der Waals surface area contributed by atoms with Gasteiger partial charge < -0.3 is 10.2 Å². The van der Waals surface area contributed by atoms with E-state index in [0.29, 0.717) is 0 Å². The summed E-state index contributed by atoms with van der Waals surface area (Å²) in [5.74, 6) is -1.25. The van der Waals surface area contributed by atoms with Gasteiger partial charge in [-0.15, -0.1) is 0 Å². The van der Waals surface area contributed by atoms with Crippen LogP contribution >= 0.6 is 11.6 Å². The third-order valence-electron chi connectivity index (χ3n) is 4.15. The Morgan fingerprint density at radius 2 is 2.12 bits per heavy atom. The second-order valence-corrected chi connectivity index (χ2v) is 6.32. The first-order valence-corrected chi connectivity index (χ1v) is 8.15. The van der Waals surface area contributed by atoms with Crippen LogP contribution in [-0.4, -0.2) is 46.8 Å². The molecule has 0 unspecified atom stereocenters. The molecular weight excluding hydrogens is 337 g/mol. The number of urea groups is 1. The third kappa shape index (κ3) is 3.51. The summed E-state index contributed by atoms with van der Waals surface area (Å²) in [6, 6.07) is 3.78. The van der Waals surface area contributed by atoms with E-state index in [-0.39, 0.29) is 54.5 Å². The van der Waals surface area contributed by atoms with Crippen LogP contribution in [0.25, 0.3) is 0 Å². The van der Waals surface area contributed by atoms with Gasteiger partial charge in [-0.25, -0.2) is 9.18 Å². The Labute approximate surface area is 143 Å². The van der Waals surface area contributed by atoms with Crippen LogP contribution in [0.4, 0.5) is 9.18 Å². The summed E-state index contributed by atoms with van der Waals surface area (Å²) >= 11 is 6.03. The molecule has 1 saturated heterocycles. The predicted octanol–water partition coefficient (Wildman–Crippen LogP) is 1.91. The molecule has 1 saturated carbocycles. The summed E-state index contributed by atoms with van der Waals surface area (Å²) in [5.41, 5.74) is 0.244. The fourth-order valence-corrected chi connectivity index (χ4v) is 2.89. The van der Waals surface area contributed by atoms with Crippen molar-refractivity contribution in [2.45, 2.75) is 31.8 Å². The zero-order valence-electron chi connectivity index (χ0n) is 12.9. The fourth-order valence-electron chi connectivity index (χ4n) is 2.67. The monoisotopic (exact) mass is 353 g/mol. The number of carbonyl (C=O) groups is 3. The van der Waals surface area contributed by atoms with Crippen molar-refractivity contribution in [1.82, 2.24) is 15.1 Å². The number of imide groups is 1. The lowest BCUT2D eigenvalue weighted by Gasteiger charge is -2.29. The molecule has 0 atom stereocenters. The lowest BCUT2D eigenvalue weighted by molar-refractivity contribution is -0.139. The number of halogens is 2. The van der Waals surface area contributed by atoms with Crippen molar-refractivity contribution in [1.29, 1.82) is 0 Å². The lowest BCUT2D eigenvalue weighted by atomic mass is 10.2. The van der Waals surface area contributed by atoms with Crippen LogP contribution in [0.2, 0.25) is 5.02 Å². The van der Waals surface area contributed by atoms with E-state index in [4.69, 9.17) is 11.6 Å². The van der Waals surface area contributed by atoms with Gasteiger partial charge in [0, 0.05) is 29.6 Å². The molecule has 1 heterocycles. The quantitative estimate of drug-likeness (QED) is 0.879. The van der Waals surface area contributed by atoms with Gasteiger partial charge in [0.05, 0.1) is 6.54 Å². The molecule has 1 aromatic carbocycles. The van der Waals surface area contributed by atoms with Crippen molar-refractivity contribution in [3.63, 3.8) is 0 Å². The highest BCUT2D eigenvalue weighted by Crippen LogP contribution is 2.31. The van der Waals surface area contributed by atoms with Crippen molar-refractivity contribution >= 4 is 29.4 Å². The number of carbonyl (C=O) groups excluding carboxylic acids is 3. The highest BCUT2D eigenvalue weighted by Gasteiger charge is 2.36. The normalized spacial score (nSPS) is 17.7. The molecule has 24 heavy (non-hydrogen) atoms. The molecular formula is C16H17ClFN3O3. The van der Waals surface area contributed by atoms with Crippen LogP contribution in [-0.2, 0) is 16.1 Å². The van der Waals surface area contributed by atoms with E-state index in [9.17, 15) is 18.8 Å². The van der Waals surface area contributed by atoms with Crippen molar-refractivity contribution < 1.29 is 18.8 Å². The van der Waals surface area contributed by atoms with Gasteiger partial charge in [-0.1, -0.05) is 17.7 Å². The molecule has 0 aromatic heterocycles. The second-order valence-electron chi connectivity index (χ2n) is 5.91. The maximum absolute atomic E-state index is 14.0. The number of amides is 4. The molecule has 2 fully saturated rings. The largest absolute Gasteiger partial charge is 0.337 e. The first-order valence-electron chi connectivity index (χ1n) is 7.78. The van der Waals surface area contributed by atoms with Crippen molar-refractivity contribution in [3.8, 4) is 0 Å². The number of benzene rings is 1. The molecule has 1 aliphatic carbocycles. The molecule has 1 N–H and O–H groups in total. The van der Waals surface area contributed by atoms with E-state index in [1.54, 1.807) is 6.07 Å². The minimum atomic E-state index is -0.570. The van der Waals surface area contributed by atoms with Crippen LogP contribution in [0.1, 0.15) is 24.8 Å². The molecule has 0 bridgehead atoms. The summed E-state index contributed by atoms with van der Waals surface area (Å²) < 4.78 is 14.0. The number of hydrogen-bond acceptors (Lipinski definition) is 3. The van der Waals surface area contributed by atoms with E-state index >= 15 is 0 Å². The summed E-state index contributed by atoms with van der Waals surface area (Å²) in [6.07, 6.45) is 1.80. The Bertz CT molecular complexity index is 657. The van der Waals surface area contributed by atoms with Crippen LogP contribution in [0.15, 0.2) is 18.2 Å². The molecule has 3 rings (SSSR count). The highest BCUT2D eigenvalue weighted by molar-refractivity contribution is 6.31. The molecule has 6 nitrogen and oxygen atoms in total. The van der Waals surface area contributed by atoms with E-state index < -0.39 is 11.8 Å². The molecule has 1 aromatic rings. The van der Waals surface area contributed by atoms with Gasteiger partial charge in [0.2, 0.25) is 11.8 Å². The summed E-state index contributed by atoms with van der Waals surface area (Å²) in [6.45, 7) is -0.0363.